The molecule has 4 rings (SSSR count). The Morgan fingerprint density at radius 1 is 1.09 bits per heavy atom. The van der Waals surface area contributed by atoms with Gasteiger partial charge in [0.1, 0.15) is 0 Å². The molecule has 3 N–H and O–H groups in total. The van der Waals surface area contributed by atoms with Gasteiger partial charge in [0.15, 0.2) is 27.1 Å². The molecule has 0 spiro atoms. The van der Waals surface area contributed by atoms with Gasteiger partial charge in [0, 0.05) is 29.2 Å². The molecular formula is C23H22ClF2NO6S. The molecule has 2 aromatic rings. The van der Waals surface area contributed by atoms with E-state index in [4.69, 9.17) is 11.6 Å². The van der Waals surface area contributed by atoms with E-state index in [0.29, 0.717) is 6.42 Å². The average Bonchev–Trinajstić information content (AvgIpc) is 2.89. The van der Waals surface area contributed by atoms with Crippen LogP contribution >= 0.6 is 11.6 Å². The lowest BCUT2D eigenvalue weighted by molar-refractivity contribution is -0.172. The van der Waals surface area contributed by atoms with E-state index in [-0.39, 0.29) is 39.9 Å². The van der Waals surface area contributed by atoms with Gasteiger partial charge >= 0.3 is 5.97 Å². The first-order chi connectivity index (χ1) is 15.9. The Hall–Kier alpha value is -2.56. The molecule has 182 valence electrons. The molecule has 11 heteroatoms. The number of hydrogen-bond acceptors (Lipinski definition) is 5. The molecule has 5 atom stereocenters. The lowest BCUT2D eigenvalue weighted by atomic mass is 9.73. The third-order valence-corrected chi connectivity index (χ3v) is 9.71. The summed E-state index contributed by atoms with van der Waals surface area (Å²) in [5.41, 5.74) is -2.06. The van der Waals surface area contributed by atoms with Gasteiger partial charge in [-0.3, -0.25) is 4.79 Å². The van der Waals surface area contributed by atoms with E-state index in [1.54, 1.807) is 6.92 Å². The molecule has 34 heavy (non-hydrogen) atoms. The van der Waals surface area contributed by atoms with Crippen molar-refractivity contribution in [3.05, 3.63) is 58.6 Å². The van der Waals surface area contributed by atoms with Crippen LogP contribution in [0.4, 0.5) is 14.5 Å². The van der Waals surface area contributed by atoms with Crippen LogP contribution < -0.4 is 5.32 Å². The number of carbonyl (C=O) groups is 2. The smallest absolute Gasteiger partial charge is 0.336 e. The number of amides is 1. The highest BCUT2D eigenvalue weighted by molar-refractivity contribution is 7.92. The Morgan fingerprint density at radius 3 is 2.41 bits per heavy atom. The predicted molar refractivity (Wildman–Crippen MR) is 119 cm³/mol. The minimum atomic E-state index is -4.08. The second kappa shape index (κ2) is 8.58. The Kier molecular flexibility index (Phi) is 6.20. The molecular weight excluding hydrogens is 492 g/mol. The van der Waals surface area contributed by atoms with Crippen LogP contribution in [0.1, 0.15) is 36.5 Å². The summed E-state index contributed by atoms with van der Waals surface area (Å²) in [6.07, 6.45) is 0.294. The van der Waals surface area contributed by atoms with Crippen molar-refractivity contribution in [2.45, 2.75) is 41.9 Å². The fourth-order valence-electron chi connectivity index (χ4n) is 5.32. The summed E-state index contributed by atoms with van der Waals surface area (Å²) < 4.78 is 53.5. The molecule has 0 aliphatic heterocycles. The van der Waals surface area contributed by atoms with Crippen LogP contribution in [0.25, 0.3) is 0 Å². The SMILES string of the molecule is CC1CC2C[C@@H](S(=O)(=O)c3cc(C(=O)Nc4ccc(F)c(F)c4)ccc3Cl)C[C@H]1[C@@]2(O)C(=O)O. The monoisotopic (exact) mass is 513 g/mol. The van der Waals surface area contributed by atoms with Crippen molar-refractivity contribution in [2.75, 3.05) is 5.32 Å². The van der Waals surface area contributed by atoms with Gasteiger partial charge in [-0.05, 0) is 55.5 Å². The maximum absolute atomic E-state index is 13.5. The number of carboxylic acid groups (broad SMARTS) is 1. The third-order valence-electron chi connectivity index (χ3n) is 7.05. The first kappa shape index (κ1) is 24.6. The number of anilines is 1. The molecule has 2 fully saturated rings. The van der Waals surface area contributed by atoms with Gasteiger partial charge in [0.25, 0.3) is 5.91 Å². The van der Waals surface area contributed by atoms with Gasteiger partial charge in [-0.2, -0.15) is 0 Å². The molecule has 7 nitrogen and oxygen atoms in total. The number of aliphatic hydroxyl groups is 1. The van der Waals surface area contributed by atoms with Gasteiger partial charge < -0.3 is 15.5 Å². The van der Waals surface area contributed by atoms with E-state index in [2.05, 4.69) is 5.32 Å². The number of carboxylic acids is 1. The maximum Gasteiger partial charge on any atom is 0.336 e. The first-order valence-corrected chi connectivity index (χ1v) is 12.5. The molecule has 2 aliphatic rings. The van der Waals surface area contributed by atoms with Crippen molar-refractivity contribution in [3.8, 4) is 0 Å². The average molecular weight is 514 g/mol. The van der Waals surface area contributed by atoms with Crippen LogP contribution in [0.2, 0.25) is 5.02 Å². The molecule has 2 saturated carbocycles. The van der Waals surface area contributed by atoms with E-state index in [1.807, 2.05) is 0 Å². The molecule has 1 amide bonds. The predicted octanol–water partition coefficient (Wildman–Crippen LogP) is 3.89. The molecule has 2 bridgehead atoms. The number of nitrogens with one attached hydrogen (secondary N) is 1. The summed E-state index contributed by atoms with van der Waals surface area (Å²) in [5.74, 6) is -5.97. The zero-order valence-corrected chi connectivity index (χ0v) is 19.5. The van der Waals surface area contributed by atoms with Crippen molar-refractivity contribution in [1.82, 2.24) is 0 Å². The number of aliphatic carboxylic acids is 1. The van der Waals surface area contributed by atoms with Gasteiger partial charge in [-0.15, -0.1) is 0 Å². The van der Waals surface area contributed by atoms with Gasteiger partial charge in [-0.25, -0.2) is 22.0 Å². The number of rotatable bonds is 5. The summed E-state index contributed by atoms with van der Waals surface area (Å²) in [4.78, 5) is 24.1. The van der Waals surface area contributed by atoms with Crippen LogP contribution in [-0.2, 0) is 14.6 Å². The molecule has 2 unspecified atom stereocenters. The lowest BCUT2D eigenvalue weighted by Gasteiger charge is -2.39. The highest BCUT2D eigenvalue weighted by Crippen LogP contribution is 2.54. The standard InChI is InChI=1S/C23H22ClF2NO6S/c1-11-6-13-8-15(10-16(11)23(13,31)22(29)30)34(32,33)20-7-12(2-4-17(20)24)21(28)27-14-3-5-18(25)19(26)9-14/h2-5,7,9,11,13,15-16,31H,6,8,10H2,1H3,(H,27,28)(H,29,30)/t11?,13?,15-,16-,23-/m1/s1. The zero-order chi connectivity index (χ0) is 25.0. The highest BCUT2D eigenvalue weighted by atomic mass is 35.5. The number of hydrogen-bond donors (Lipinski definition) is 3. The van der Waals surface area contributed by atoms with E-state index in [1.165, 1.54) is 12.1 Å². The molecule has 2 aromatic carbocycles. The van der Waals surface area contributed by atoms with Crippen molar-refractivity contribution in [3.63, 3.8) is 0 Å². The fourth-order valence-corrected chi connectivity index (χ4v) is 7.70. The zero-order valence-electron chi connectivity index (χ0n) is 18.0. The summed E-state index contributed by atoms with van der Waals surface area (Å²) in [6.45, 7) is 1.80. The summed E-state index contributed by atoms with van der Waals surface area (Å²) in [6, 6.07) is 6.46. The number of sulfone groups is 1. The van der Waals surface area contributed by atoms with Crippen LogP contribution in [0, 0.1) is 29.4 Å². The summed E-state index contributed by atoms with van der Waals surface area (Å²) >= 11 is 6.18. The highest BCUT2D eigenvalue weighted by Gasteiger charge is 2.62. The van der Waals surface area contributed by atoms with Gasteiger partial charge in [0.2, 0.25) is 0 Å². The number of benzene rings is 2. The van der Waals surface area contributed by atoms with E-state index in [9.17, 15) is 37.0 Å². The minimum absolute atomic E-state index is 0.0194. The largest absolute Gasteiger partial charge is 0.479 e. The first-order valence-electron chi connectivity index (χ1n) is 10.6. The number of carbonyl (C=O) groups excluding carboxylic acids is 1. The van der Waals surface area contributed by atoms with Gasteiger partial charge in [-0.1, -0.05) is 18.5 Å². The van der Waals surface area contributed by atoms with Crippen LogP contribution in [0.3, 0.4) is 0 Å². The lowest BCUT2D eigenvalue weighted by Crippen LogP contribution is -2.54. The topological polar surface area (TPSA) is 121 Å². The van der Waals surface area contributed by atoms with Crippen molar-refractivity contribution >= 4 is 39.0 Å². The van der Waals surface area contributed by atoms with Crippen molar-refractivity contribution in [2.24, 2.45) is 17.8 Å². The van der Waals surface area contributed by atoms with E-state index >= 15 is 0 Å². The Labute approximate surface area is 199 Å². The Bertz CT molecular complexity index is 1290. The molecule has 2 aliphatic carbocycles. The van der Waals surface area contributed by atoms with E-state index < -0.39 is 56.0 Å². The molecule has 0 radical (unpaired) electrons. The Balaban J connectivity index is 1.62. The quantitative estimate of drug-likeness (QED) is 0.557. The molecule has 0 aromatic heterocycles. The summed E-state index contributed by atoms with van der Waals surface area (Å²) in [5, 5.41) is 21.7. The van der Waals surface area contributed by atoms with Crippen LogP contribution in [-0.4, -0.2) is 41.4 Å². The van der Waals surface area contributed by atoms with Gasteiger partial charge in [0.05, 0.1) is 15.2 Å². The third kappa shape index (κ3) is 3.97. The second-order valence-corrected chi connectivity index (χ2v) is 11.6. The second-order valence-electron chi connectivity index (χ2n) is 9.01. The summed E-state index contributed by atoms with van der Waals surface area (Å²) in [7, 11) is -4.08. The normalized spacial score (nSPS) is 28.5. The van der Waals surface area contributed by atoms with E-state index in [0.717, 1.165) is 24.3 Å². The fraction of sp³-hybridized carbons (Fsp3) is 0.391. The van der Waals surface area contributed by atoms with Crippen molar-refractivity contribution in [1.29, 1.82) is 0 Å². The van der Waals surface area contributed by atoms with Crippen LogP contribution in [0.15, 0.2) is 41.3 Å². The number of halogens is 3. The van der Waals surface area contributed by atoms with Crippen LogP contribution in [0.5, 0.6) is 0 Å². The minimum Gasteiger partial charge on any atom is -0.479 e. The maximum atomic E-state index is 13.5. The van der Waals surface area contributed by atoms with Crippen molar-refractivity contribution < 1.29 is 37.0 Å². The molecule has 0 heterocycles. The molecule has 0 saturated heterocycles. The number of fused-ring (bicyclic) bond motifs is 2. The Morgan fingerprint density at radius 2 is 1.79 bits per heavy atom.